The van der Waals surface area contributed by atoms with E-state index in [1.165, 1.54) is 6.07 Å². The van der Waals surface area contributed by atoms with E-state index in [-0.39, 0.29) is 11.3 Å². The highest BCUT2D eigenvalue weighted by Gasteiger charge is 2.11. The van der Waals surface area contributed by atoms with Gasteiger partial charge < -0.3 is 26.0 Å². The van der Waals surface area contributed by atoms with E-state index in [0.29, 0.717) is 0 Å². The molecule has 0 radical (unpaired) electrons. The van der Waals surface area contributed by atoms with Crippen LogP contribution in [0.5, 0.6) is 5.75 Å². The highest BCUT2D eigenvalue weighted by Crippen LogP contribution is 2.21. The molecule has 1 rings (SSSR count). The van der Waals surface area contributed by atoms with Crippen LogP contribution in [0.25, 0.3) is 0 Å². The Morgan fingerprint density at radius 2 is 1.83 bits per heavy atom. The number of benzene rings is 1. The summed E-state index contributed by atoms with van der Waals surface area (Å²) in [5.41, 5.74) is -0.160. The number of phenols is 1. The first-order chi connectivity index (χ1) is 8.40. The molecule has 8 heteroatoms. The minimum Gasteiger partial charge on any atom is -0.507 e. The number of carbonyl (C=O) groups excluding carboxylic acids is 1. The molecule has 0 saturated carbocycles. The van der Waals surface area contributed by atoms with Crippen LogP contribution in [-0.2, 0) is 4.79 Å². The number of carboxylic acids is 2. The molecule has 1 aromatic carbocycles. The van der Waals surface area contributed by atoms with Crippen LogP contribution >= 0.6 is 0 Å². The first kappa shape index (κ1) is 13.3. The highest BCUT2D eigenvalue weighted by atomic mass is 16.4. The number of nitrogens with one attached hydrogen (secondary N) is 2. The van der Waals surface area contributed by atoms with Crippen molar-refractivity contribution in [1.82, 2.24) is 5.32 Å². The summed E-state index contributed by atoms with van der Waals surface area (Å²) in [7, 11) is 0. The summed E-state index contributed by atoms with van der Waals surface area (Å²) in [5.74, 6) is -3.00. The first-order valence-electron chi connectivity index (χ1n) is 4.73. The highest BCUT2D eigenvalue weighted by molar-refractivity contribution is 5.94. The lowest BCUT2D eigenvalue weighted by molar-refractivity contribution is -0.135. The van der Waals surface area contributed by atoms with E-state index in [9.17, 15) is 19.5 Å². The third kappa shape index (κ3) is 3.67. The van der Waals surface area contributed by atoms with Crippen molar-refractivity contribution in [3.63, 3.8) is 0 Å². The Morgan fingerprint density at radius 1 is 1.17 bits per heavy atom. The Balaban J connectivity index is 2.69. The van der Waals surface area contributed by atoms with Crippen molar-refractivity contribution in [1.29, 1.82) is 0 Å². The Hall–Kier alpha value is -2.77. The van der Waals surface area contributed by atoms with Crippen molar-refractivity contribution in [2.75, 3.05) is 11.9 Å². The predicted molar refractivity (Wildman–Crippen MR) is 59.7 cm³/mol. The molecule has 1 aromatic rings. The molecule has 0 aromatic heterocycles. The van der Waals surface area contributed by atoms with Gasteiger partial charge in [0.25, 0.3) is 0 Å². The number of amides is 2. The zero-order valence-corrected chi connectivity index (χ0v) is 9.01. The van der Waals surface area contributed by atoms with Gasteiger partial charge in [0.05, 0.1) is 0 Å². The Morgan fingerprint density at radius 3 is 2.33 bits per heavy atom. The Kier molecular flexibility index (Phi) is 4.08. The fourth-order valence-electron chi connectivity index (χ4n) is 1.12. The van der Waals surface area contributed by atoms with Crippen LogP contribution in [0, 0.1) is 0 Å². The maximum absolute atomic E-state index is 11.2. The molecule has 2 amide bonds. The second kappa shape index (κ2) is 5.53. The molecule has 0 fully saturated rings. The van der Waals surface area contributed by atoms with E-state index in [0.717, 1.165) is 12.1 Å². The molecule has 0 aliphatic heterocycles. The number of urea groups is 1. The maximum Gasteiger partial charge on any atom is 0.339 e. The van der Waals surface area contributed by atoms with Crippen molar-refractivity contribution in [2.24, 2.45) is 0 Å². The zero-order chi connectivity index (χ0) is 13.7. The van der Waals surface area contributed by atoms with Gasteiger partial charge in [0, 0.05) is 11.8 Å². The van der Waals surface area contributed by atoms with E-state index in [1.807, 2.05) is 5.32 Å². The van der Waals surface area contributed by atoms with Gasteiger partial charge in [-0.15, -0.1) is 0 Å². The van der Waals surface area contributed by atoms with Crippen molar-refractivity contribution in [2.45, 2.75) is 0 Å². The van der Waals surface area contributed by atoms with Gasteiger partial charge in [0.2, 0.25) is 0 Å². The summed E-state index contributed by atoms with van der Waals surface area (Å²) >= 11 is 0. The molecule has 0 aliphatic carbocycles. The van der Waals surface area contributed by atoms with E-state index in [1.54, 1.807) is 0 Å². The number of carboxylic acid groups (broad SMARTS) is 2. The van der Waals surface area contributed by atoms with Gasteiger partial charge in [-0.1, -0.05) is 0 Å². The Bertz CT molecular complexity index is 499. The topological polar surface area (TPSA) is 136 Å². The lowest BCUT2D eigenvalue weighted by Gasteiger charge is -2.07. The van der Waals surface area contributed by atoms with E-state index in [2.05, 4.69) is 5.32 Å². The number of carbonyl (C=O) groups is 3. The predicted octanol–water partition coefficient (Wildman–Crippen LogP) is 0.297. The second-order valence-electron chi connectivity index (χ2n) is 3.24. The summed E-state index contributed by atoms with van der Waals surface area (Å²) in [6.45, 7) is -0.551. The van der Waals surface area contributed by atoms with Crippen molar-refractivity contribution in [3.8, 4) is 5.75 Å². The number of aliphatic carboxylic acids is 1. The van der Waals surface area contributed by atoms with Crippen LogP contribution < -0.4 is 10.6 Å². The average molecular weight is 254 g/mol. The lowest BCUT2D eigenvalue weighted by atomic mass is 10.2. The summed E-state index contributed by atoms with van der Waals surface area (Å²) < 4.78 is 0. The number of aromatic hydroxyl groups is 1. The van der Waals surface area contributed by atoms with Gasteiger partial charge >= 0.3 is 18.0 Å². The van der Waals surface area contributed by atoms with Crippen molar-refractivity contribution < 1.29 is 29.7 Å². The fraction of sp³-hybridized carbons (Fsp3) is 0.100. The fourth-order valence-corrected chi connectivity index (χ4v) is 1.12. The second-order valence-corrected chi connectivity index (χ2v) is 3.24. The molecule has 0 bridgehead atoms. The monoisotopic (exact) mass is 254 g/mol. The van der Waals surface area contributed by atoms with Crippen molar-refractivity contribution >= 4 is 23.7 Å². The molecular formula is C10H10N2O6. The summed E-state index contributed by atoms with van der Waals surface area (Å²) in [6.07, 6.45) is 0. The third-order valence-electron chi connectivity index (χ3n) is 1.89. The summed E-state index contributed by atoms with van der Waals surface area (Å²) in [4.78, 5) is 32.0. The molecule has 0 saturated heterocycles. The van der Waals surface area contributed by atoms with E-state index >= 15 is 0 Å². The van der Waals surface area contributed by atoms with E-state index in [4.69, 9.17) is 10.2 Å². The molecular weight excluding hydrogens is 244 g/mol. The minimum absolute atomic E-state index is 0.139. The standard InChI is InChI=1S/C10H10N2O6/c13-7-3-5(1-2-6(7)9(16)17)12-10(18)11-4-8(14)15/h1-3,13H,4H2,(H,14,15)(H,16,17)(H2,11,12,18). The smallest absolute Gasteiger partial charge is 0.339 e. The molecule has 0 spiro atoms. The number of aromatic carboxylic acids is 1. The molecule has 0 heterocycles. The first-order valence-corrected chi connectivity index (χ1v) is 4.73. The largest absolute Gasteiger partial charge is 0.507 e. The van der Waals surface area contributed by atoms with Crippen LogP contribution in [0.4, 0.5) is 10.5 Å². The summed E-state index contributed by atoms with van der Waals surface area (Å²) in [5, 5.41) is 30.6. The van der Waals surface area contributed by atoms with Crippen LogP contribution in [0.1, 0.15) is 10.4 Å². The lowest BCUT2D eigenvalue weighted by Crippen LogP contribution is -2.33. The average Bonchev–Trinajstić information content (AvgIpc) is 2.26. The quantitative estimate of drug-likeness (QED) is 0.524. The number of hydrogen-bond acceptors (Lipinski definition) is 4. The molecule has 0 unspecified atom stereocenters. The third-order valence-corrected chi connectivity index (χ3v) is 1.89. The van der Waals surface area contributed by atoms with Gasteiger partial charge in [-0.3, -0.25) is 4.79 Å². The minimum atomic E-state index is -1.30. The van der Waals surface area contributed by atoms with E-state index < -0.39 is 30.3 Å². The number of rotatable bonds is 4. The van der Waals surface area contributed by atoms with Gasteiger partial charge in [-0.2, -0.15) is 0 Å². The van der Waals surface area contributed by atoms with Gasteiger partial charge in [-0.25, -0.2) is 9.59 Å². The van der Waals surface area contributed by atoms with Crippen LogP contribution in [0.3, 0.4) is 0 Å². The van der Waals surface area contributed by atoms with Crippen molar-refractivity contribution in [3.05, 3.63) is 23.8 Å². The number of anilines is 1. The Labute approximate surface area is 101 Å². The van der Waals surface area contributed by atoms with Crippen LogP contribution in [-0.4, -0.2) is 39.8 Å². The van der Waals surface area contributed by atoms with Crippen LogP contribution in [0.2, 0.25) is 0 Å². The molecule has 0 aliphatic rings. The van der Waals surface area contributed by atoms with Gasteiger partial charge in [-0.05, 0) is 12.1 Å². The molecule has 8 nitrogen and oxygen atoms in total. The zero-order valence-electron chi connectivity index (χ0n) is 9.01. The number of hydrogen-bond donors (Lipinski definition) is 5. The maximum atomic E-state index is 11.2. The SMILES string of the molecule is O=C(O)CNC(=O)Nc1ccc(C(=O)O)c(O)c1. The molecule has 5 N–H and O–H groups in total. The molecule has 0 atom stereocenters. The van der Waals surface area contributed by atoms with Gasteiger partial charge in [0.1, 0.15) is 17.9 Å². The van der Waals surface area contributed by atoms with Crippen LogP contribution in [0.15, 0.2) is 18.2 Å². The normalized spacial score (nSPS) is 9.56. The summed E-state index contributed by atoms with van der Waals surface area (Å²) in [6, 6.07) is 2.65. The van der Waals surface area contributed by atoms with Gasteiger partial charge in [0.15, 0.2) is 0 Å². The molecule has 96 valence electrons. The molecule has 18 heavy (non-hydrogen) atoms.